The van der Waals surface area contributed by atoms with Crippen LogP contribution in [0.15, 0.2) is 75.3 Å². The first-order valence-electron chi connectivity index (χ1n) is 8.13. The maximum Gasteiger partial charge on any atom is 0.353 e. The second kappa shape index (κ2) is 7.09. The maximum atomic E-state index is 13.0. The Labute approximate surface area is 158 Å². The number of carbonyl (C=O) groups excluding carboxylic acids is 1. The molecular formula is C21H14O5S. The highest BCUT2D eigenvalue weighted by Gasteiger charge is 2.21. The van der Waals surface area contributed by atoms with E-state index in [1.165, 1.54) is 11.3 Å². The lowest BCUT2D eigenvalue weighted by atomic mass is 10.1. The molecule has 5 nitrogen and oxygen atoms in total. The predicted molar refractivity (Wildman–Crippen MR) is 104 cm³/mol. The van der Waals surface area contributed by atoms with Crippen LogP contribution in [0.3, 0.4) is 0 Å². The quantitative estimate of drug-likeness (QED) is 0.480. The van der Waals surface area contributed by atoms with E-state index in [0.29, 0.717) is 27.2 Å². The number of fused-ring (bicyclic) bond motifs is 1. The largest absolute Gasteiger partial charge is 0.497 e. The fourth-order valence-electron chi connectivity index (χ4n) is 2.69. The molecule has 4 aromatic rings. The van der Waals surface area contributed by atoms with Gasteiger partial charge in [0.2, 0.25) is 11.2 Å². The van der Waals surface area contributed by atoms with Gasteiger partial charge in [0, 0.05) is 5.56 Å². The van der Waals surface area contributed by atoms with E-state index in [1.807, 2.05) is 0 Å². The molecular weight excluding hydrogens is 364 g/mol. The summed E-state index contributed by atoms with van der Waals surface area (Å²) in [6, 6.07) is 17.2. The number of rotatable bonds is 4. The van der Waals surface area contributed by atoms with Gasteiger partial charge in [-0.2, -0.15) is 0 Å². The Morgan fingerprint density at radius 1 is 1.00 bits per heavy atom. The highest BCUT2D eigenvalue weighted by atomic mass is 32.1. The average molecular weight is 378 g/mol. The molecule has 0 fully saturated rings. The van der Waals surface area contributed by atoms with Crippen LogP contribution in [-0.4, -0.2) is 13.1 Å². The zero-order valence-corrected chi connectivity index (χ0v) is 15.1. The molecule has 6 heteroatoms. The van der Waals surface area contributed by atoms with Gasteiger partial charge in [-0.3, -0.25) is 4.79 Å². The molecule has 0 saturated carbocycles. The molecule has 134 valence electrons. The van der Waals surface area contributed by atoms with Crippen molar-refractivity contribution in [3.63, 3.8) is 0 Å². The molecule has 2 heterocycles. The van der Waals surface area contributed by atoms with E-state index >= 15 is 0 Å². The van der Waals surface area contributed by atoms with E-state index in [1.54, 1.807) is 73.2 Å². The van der Waals surface area contributed by atoms with Gasteiger partial charge >= 0.3 is 5.97 Å². The number of benzene rings is 2. The summed E-state index contributed by atoms with van der Waals surface area (Å²) < 4.78 is 16.6. The van der Waals surface area contributed by atoms with E-state index in [-0.39, 0.29) is 11.5 Å². The van der Waals surface area contributed by atoms with Gasteiger partial charge in [-0.1, -0.05) is 18.2 Å². The van der Waals surface area contributed by atoms with Crippen molar-refractivity contribution in [2.75, 3.05) is 7.11 Å². The third-order valence-corrected chi connectivity index (χ3v) is 4.88. The minimum Gasteiger partial charge on any atom is -0.497 e. The Balaban J connectivity index is 1.89. The molecule has 2 aromatic heterocycles. The molecule has 0 spiro atoms. The second-order valence-electron chi connectivity index (χ2n) is 5.68. The molecule has 0 aliphatic rings. The zero-order chi connectivity index (χ0) is 18.8. The normalized spacial score (nSPS) is 10.7. The van der Waals surface area contributed by atoms with Crippen LogP contribution in [-0.2, 0) is 0 Å². The molecule has 0 bridgehead atoms. The number of hydrogen-bond donors (Lipinski definition) is 0. The van der Waals surface area contributed by atoms with E-state index in [2.05, 4.69) is 0 Å². The third kappa shape index (κ3) is 3.22. The van der Waals surface area contributed by atoms with Crippen molar-refractivity contribution in [1.82, 2.24) is 0 Å². The van der Waals surface area contributed by atoms with E-state index in [4.69, 9.17) is 13.9 Å². The topological polar surface area (TPSA) is 65.7 Å². The third-order valence-electron chi connectivity index (χ3n) is 4.03. The lowest BCUT2D eigenvalue weighted by Crippen LogP contribution is -2.15. The van der Waals surface area contributed by atoms with E-state index < -0.39 is 11.4 Å². The summed E-state index contributed by atoms with van der Waals surface area (Å²) in [5.41, 5.74) is 0.629. The first-order valence-corrected chi connectivity index (χ1v) is 9.01. The van der Waals surface area contributed by atoms with Crippen LogP contribution in [0.2, 0.25) is 0 Å². The van der Waals surface area contributed by atoms with Crippen molar-refractivity contribution in [3.05, 3.63) is 81.1 Å². The van der Waals surface area contributed by atoms with Gasteiger partial charge in [0.1, 0.15) is 16.2 Å². The first kappa shape index (κ1) is 17.1. The summed E-state index contributed by atoms with van der Waals surface area (Å²) in [4.78, 5) is 25.8. The summed E-state index contributed by atoms with van der Waals surface area (Å²) in [5, 5.41) is 2.12. The molecule has 2 aromatic carbocycles. The smallest absolute Gasteiger partial charge is 0.353 e. The van der Waals surface area contributed by atoms with Crippen LogP contribution < -0.4 is 14.9 Å². The number of hydrogen-bond acceptors (Lipinski definition) is 6. The van der Waals surface area contributed by atoms with Crippen molar-refractivity contribution in [3.8, 4) is 22.8 Å². The van der Waals surface area contributed by atoms with Crippen LogP contribution >= 0.6 is 11.3 Å². The van der Waals surface area contributed by atoms with E-state index in [0.717, 1.165) is 0 Å². The molecule has 0 aliphatic carbocycles. The van der Waals surface area contributed by atoms with E-state index in [9.17, 15) is 9.59 Å². The number of para-hydroxylation sites is 1. The summed E-state index contributed by atoms with van der Waals surface area (Å²) in [6.07, 6.45) is 0. The number of carbonyl (C=O) groups is 1. The van der Waals surface area contributed by atoms with Crippen LogP contribution in [0, 0.1) is 0 Å². The monoisotopic (exact) mass is 378 g/mol. The van der Waals surface area contributed by atoms with Gasteiger partial charge < -0.3 is 13.9 Å². The predicted octanol–water partition coefficient (Wildman–Crippen LogP) is 4.75. The van der Waals surface area contributed by atoms with Crippen molar-refractivity contribution in [2.45, 2.75) is 0 Å². The molecule has 0 atom stereocenters. The number of esters is 1. The lowest BCUT2D eigenvalue weighted by Gasteiger charge is -2.10. The van der Waals surface area contributed by atoms with Crippen LogP contribution in [0.25, 0.3) is 22.3 Å². The van der Waals surface area contributed by atoms with Crippen molar-refractivity contribution in [2.24, 2.45) is 0 Å². The minimum atomic E-state index is -0.595. The molecule has 0 aliphatic heterocycles. The fraction of sp³-hybridized carbons (Fsp3) is 0.0476. The van der Waals surface area contributed by atoms with Gasteiger partial charge in [0.15, 0.2) is 5.76 Å². The summed E-state index contributed by atoms with van der Waals surface area (Å²) in [7, 11) is 1.57. The molecule has 4 rings (SSSR count). The first-order chi connectivity index (χ1) is 13.2. The second-order valence-corrected chi connectivity index (χ2v) is 6.63. The van der Waals surface area contributed by atoms with Gasteiger partial charge in [-0.25, -0.2) is 4.79 Å². The zero-order valence-electron chi connectivity index (χ0n) is 14.3. The molecule has 0 radical (unpaired) electrons. The fourth-order valence-corrected chi connectivity index (χ4v) is 3.29. The standard InChI is InChI=1S/C21H14O5S/c1-24-14-10-8-13(9-11-14)19-20(26-21(23)17-7-4-12-27-17)18(22)15-5-2-3-6-16(15)25-19/h2-12H,1H3. The average Bonchev–Trinajstić information content (AvgIpc) is 3.25. The van der Waals surface area contributed by atoms with Crippen molar-refractivity contribution in [1.29, 1.82) is 0 Å². The minimum absolute atomic E-state index is 0.128. The number of methoxy groups -OCH3 is 1. The molecule has 0 N–H and O–H groups in total. The summed E-state index contributed by atoms with van der Waals surface area (Å²) in [6.45, 7) is 0. The maximum absolute atomic E-state index is 13.0. The Bertz CT molecular complexity index is 1160. The molecule has 0 saturated heterocycles. The van der Waals surface area contributed by atoms with Crippen LogP contribution in [0.1, 0.15) is 9.67 Å². The number of ether oxygens (including phenoxy) is 2. The van der Waals surface area contributed by atoms with Crippen LogP contribution in [0.4, 0.5) is 0 Å². The Morgan fingerprint density at radius 3 is 2.48 bits per heavy atom. The highest BCUT2D eigenvalue weighted by Crippen LogP contribution is 2.32. The SMILES string of the molecule is COc1ccc(-c2oc3ccccc3c(=O)c2OC(=O)c2cccs2)cc1. The van der Waals surface area contributed by atoms with Crippen molar-refractivity contribution >= 4 is 28.3 Å². The number of thiophene rings is 1. The van der Waals surface area contributed by atoms with Crippen LogP contribution in [0.5, 0.6) is 11.5 Å². The Kier molecular flexibility index (Phi) is 4.48. The van der Waals surface area contributed by atoms with Gasteiger partial charge in [0.25, 0.3) is 0 Å². The van der Waals surface area contributed by atoms with Gasteiger partial charge in [0.05, 0.1) is 12.5 Å². The highest BCUT2D eigenvalue weighted by molar-refractivity contribution is 7.12. The summed E-state index contributed by atoms with van der Waals surface area (Å²) >= 11 is 1.24. The Hall–Kier alpha value is -3.38. The molecule has 27 heavy (non-hydrogen) atoms. The van der Waals surface area contributed by atoms with Crippen molar-refractivity contribution < 1.29 is 18.7 Å². The Morgan fingerprint density at radius 2 is 1.78 bits per heavy atom. The van der Waals surface area contributed by atoms with Gasteiger partial charge in [-0.05, 0) is 47.8 Å². The summed E-state index contributed by atoms with van der Waals surface area (Å²) in [5.74, 6) is 0.143. The lowest BCUT2D eigenvalue weighted by molar-refractivity contribution is 0.0736. The van der Waals surface area contributed by atoms with Gasteiger partial charge in [-0.15, -0.1) is 11.3 Å². The molecule has 0 amide bonds. The molecule has 0 unspecified atom stereocenters.